The van der Waals surface area contributed by atoms with Crippen LogP contribution in [0.15, 0.2) is 0 Å². The quantitative estimate of drug-likeness (QED) is 0.0947. The minimum absolute atomic E-state index is 0.673. The zero-order valence-corrected chi connectivity index (χ0v) is 25.5. The molecule has 1 amide bonds. The predicted molar refractivity (Wildman–Crippen MR) is 145 cm³/mol. The van der Waals surface area contributed by atoms with E-state index >= 15 is 0 Å². The summed E-state index contributed by atoms with van der Waals surface area (Å²) in [6, 6.07) is -1.45. The van der Waals surface area contributed by atoms with Crippen molar-refractivity contribution in [1.82, 2.24) is 5.32 Å². The largest absolute Gasteiger partial charge is 0.394 e. The summed E-state index contributed by atoms with van der Waals surface area (Å²) in [5, 5.41) is 136. The fraction of sp³-hybridized carbons (Fsp3) is 0.962. The van der Waals surface area contributed by atoms with Crippen molar-refractivity contribution in [2.24, 2.45) is 0 Å². The first-order valence-corrected chi connectivity index (χ1v) is 15.1. The maximum absolute atomic E-state index is 11.7. The van der Waals surface area contributed by atoms with Gasteiger partial charge in [0.05, 0.1) is 26.4 Å². The van der Waals surface area contributed by atoms with Gasteiger partial charge >= 0.3 is 0 Å². The second-order valence-electron chi connectivity index (χ2n) is 11.9. The lowest BCUT2D eigenvalue weighted by atomic mass is 9.95. The molecule has 0 unspecified atom stereocenters. The van der Waals surface area contributed by atoms with Crippen LogP contribution in [0.2, 0.25) is 0 Å². The SMILES string of the molecule is CC(=O)N[C@H]1[C@@H](O[C@H]2O[C@H](CO)[C@H](O[C@H]3O[C@H](CO[C@H]4O[C@H](CO)[C@H](O)[C@H](O)[C@H]4O)[C@@H](O)[C@H](O)[C@H]3O)[C@H](O)[C@H]2O)[C@H](O)[C@@H](CO)O[C@H]1O. The van der Waals surface area contributed by atoms with Gasteiger partial charge in [0.25, 0.3) is 0 Å². The van der Waals surface area contributed by atoms with E-state index in [-0.39, 0.29) is 0 Å². The van der Waals surface area contributed by atoms with Crippen molar-refractivity contribution in [3.63, 3.8) is 0 Å². The molecule has 4 heterocycles. The van der Waals surface area contributed by atoms with Crippen LogP contribution in [0, 0.1) is 0 Å². The van der Waals surface area contributed by atoms with Gasteiger partial charge in [-0.25, -0.2) is 0 Å². The van der Waals surface area contributed by atoms with E-state index in [9.17, 15) is 71.2 Å². The fourth-order valence-electron chi connectivity index (χ4n) is 5.84. The lowest BCUT2D eigenvalue weighted by molar-refractivity contribution is -0.375. The van der Waals surface area contributed by atoms with Crippen molar-refractivity contribution < 1.29 is 104 Å². The molecule has 4 aliphatic heterocycles. The van der Waals surface area contributed by atoms with Gasteiger partial charge in [-0.3, -0.25) is 4.79 Å². The van der Waals surface area contributed by atoms with E-state index in [0.717, 1.165) is 6.92 Å². The van der Waals surface area contributed by atoms with Gasteiger partial charge in [0.15, 0.2) is 25.2 Å². The van der Waals surface area contributed by atoms with Gasteiger partial charge in [0.1, 0.15) is 97.6 Å². The van der Waals surface area contributed by atoms with Crippen molar-refractivity contribution in [3.8, 4) is 0 Å². The number of nitrogens with one attached hydrogen (secondary N) is 1. The topological polar surface area (TPSA) is 357 Å². The third-order valence-corrected chi connectivity index (χ3v) is 8.59. The highest BCUT2D eigenvalue weighted by atomic mass is 16.8. The first kappa shape index (κ1) is 39.5. The molecule has 4 aliphatic rings. The van der Waals surface area contributed by atoms with Gasteiger partial charge in [-0.15, -0.1) is 0 Å². The van der Waals surface area contributed by atoms with Crippen LogP contribution in [0.3, 0.4) is 0 Å². The molecule has 20 atom stereocenters. The zero-order chi connectivity index (χ0) is 35.6. The third kappa shape index (κ3) is 8.24. The first-order valence-electron chi connectivity index (χ1n) is 15.1. The first-order chi connectivity index (χ1) is 22.6. The van der Waals surface area contributed by atoms with Crippen LogP contribution in [0.4, 0.5) is 0 Å². The van der Waals surface area contributed by atoms with Crippen LogP contribution in [0.25, 0.3) is 0 Å². The van der Waals surface area contributed by atoms with Crippen LogP contribution < -0.4 is 5.32 Å². The van der Waals surface area contributed by atoms with E-state index in [2.05, 4.69) is 5.32 Å². The van der Waals surface area contributed by atoms with Crippen molar-refractivity contribution >= 4 is 5.91 Å². The third-order valence-electron chi connectivity index (χ3n) is 8.59. The molecule has 22 heteroatoms. The summed E-state index contributed by atoms with van der Waals surface area (Å²) in [6.45, 7) is -2.05. The number of carbonyl (C=O) groups is 1. The van der Waals surface area contributed by atoms with Gasteiger partial charge in [-0.2, -0.15) is 0 Å². The number of hydrogen-bond donors (Lipinski definition) is 14. The Labute approximate surface area is 272 Å². The molecule has 22 nitrogen and oxygen atoms in total. The van der Waals surface area contributed by atoms with E-state index in [1.54, 1.807) is 0 Å². The zero-order valence-electron chi connectivity index (χ0n) is 25.5. The van der Waals surface area contributed by atoms with Crippen molar-refractivity contribution in [2.75, 3.05) is 26.4 Å². The predicted octanol–water partition coefficient (Wildman–Crippen LogP) is -9.61. The number of rotatable bonds is 11. The molecule has 4 fully saturated rings. The molecule has 4 rings (SSSR count). The molecule has 0 aromatic carbocycles. The number of ether oxygens (including phenoxy) is 7. The molecule has 0 aromatic heterocycles. The molecule has 0 bridgehead atoms. The highest BCUT2D eigenvalue weighted by molar-refractivity contribution is 5.73. The molecule has 0 radical (unpaired) electrons. The Morgan fingerprint density at radius 3 is 1.56 bits per heavy atom. The number of hydrogen-bond acceptors (Lipinski definition) is 21. The van der Waals surface area contributed by atoms with Crippen LogP contribution in [0.5, 0.6) is 0 Å². The number of amides is 1. The molecule has 0 aliphatic carbocycles. The summed E-state index contributed by atoms with van der Waals surface area (Å²) in [6.07, 6.45) is -33.1. The van der Waals surface area contributed by atoms with Gasteiger partial charge in [0, 0.05) is 6.92 Å². The fourth-order valence-corrected chi connectivity index (χ4v) is 5.84. The summed E-state index contributed by atoms with van der Waals surface area (Å²) in [4.78, 5) is 11.7. The molecule has 0 spiro atoms. The lowest BCUT2D eigenvalue weighted by Crippen LogP contribution is -2.68. The maximum Gasteiger partial charge on any atom is 0.217 e. The van der Waals surface area contributed by atoms with Gasteiger partial charge in [-0.1, -0.05) is 0 Å². The monoisotopic (exact) mass is 707 g/mol. The van der Waals surface area contributed by atoms with E-state index in [1.807, 2.05) is 0 Å². The Bertz CT molecular complexity index is 1030. The standard InChI is InChI=1S/C26H45NO21/c1-6(31)27-11-22(14(34)8(3-29)43-23(11)41)48-26-20(40)17(37)21(9(4-30)45-26)47-25-19(39)16(36)13(33)10(46-25)5-42-24-18(38)15(35)12(32)7(2-28)44-24/h7-26,28-30,32-41H,2-5H2,1H3,(H,27,31)/t7-,8-,9-,10-,11+,12+,13-,14-,15+,16+,17-,18-,19-,20-,21+,22-,23-,24+,25-,26-/m1/s1. The van der Waals surface area contributed by atoms with Crippen LogP contribution in [-0.2, 0) is 38.0 Å². The van der Waals surface area contributed by atoms with Gasteiger partial charge < -0.3 is 105 Å². The van der Waals surface area contributed by atoms with Crippen molar-refractivity contribution in [1.29, 1.82) is 0 Å². The molecule has 14 N–H and O–H groups in total. The summed E-state index contributed by atoms with van der Waals surface area (Å²) in [7, 11) is 0. The minimum atomic E-state index is -2.03. The van der Waals surface area contributed by atoms with Crippen molar-refractivity contribution in [3.05, 3.63) is 0 Å². The molecular formula is C26H45NO21. The van der Waals surface area contributed by atoms with E-state index in [4.69, 9.17) is 33.2 Å². The molecule has 0 saturated carbocycles. The maximum atomic E-state index is 11.7. The summed E-state index contributed by atoms with van der Waals surface area (Å²) in [5.41, 5.74) is 0. The summed E-state index contributed by atoms with van der Waals surface area (Å²) >= 11 is 0. The normalized spacial score (nSPS) is 50.2. The van der Waals surface area contributed by atoms with E-state index in [0.29, 0.717) is 0 Å². The Balaban J connectivity index is 1.44. The van der Waals surface area contributed by atoms with Gasteiger partial charge in [0.2, 0.25) is 5.91 Å². The van der Waals surface area contributed by atoms with Crippen LogP contribution in [-0.4, -0.2) is 221 Å². The average molecular weight is 708 g/mol. The van der Waals surface area contributed by atoms with E-state index < -0.39 is 155 Å². The smallest absolute Gasteiger partial charge is 0.217 e. The van der Waals surface area contributed by atoms with Crippen molar-refractivity contribution in [2.45, 2.75) is 130 Å². The summed E-state index contributed by atoms with van der Waals surface area (Å²) < 4.78 is 38.0. The highest BCUT2D eigenvalue weighted by Crippen LogP contribution is 2.33. The lowest BCUT2D eigenvalue weighted by Gasteiger charge is -2.48. The minimum Gasteiger partial charge on any atom is -0.394 e. The molecule has 48 heavy (non-hydrogen) atoms. The second-order valence-corrected chi connectivity index (χ2v) is 11.9. The molecular weight excluding hydrogens is 662 g/mol. The van der Waals surface area contributed by atoms with Gasteiger partial charge in [-0.05, 0) is 0 Å². The Hall–Kier alpha value is -1.33. The second kappa shape index (κ2) is 16.8. The Morgan fingerprint density at radius 2 is 1.00 bits per heavy atom. The molecule has 4 saturated heterocycles. The Morgan fingerprint density at radius 1 is 0.542 bits per heavy atom. The number of aliphatic hydroxyl groups excluding tert-OH is 13. The molecule has 0 aromatic rings. The van der Waals surface area contributed by atoms with Crippen LogP contribution in [0.1, 0.15) is 6.92 Å². The van der Waals surface area contributed by atoms with Crippen LogP contribution >= 0.6 is 0 Å². The average Bonchev–Trinajstić information content (AvgIpc) is 3.06. The number of aliphatic hydroxyl groups is 13. The Kier molecular flexibility index (Phi) is 13.8. The molecule has 280 valence electrons. The highest BCUT2D eigenvalue weighted by Gasteiger charge is 2.54. The number of carbonyl (C=O) groups excluding carboxylic acids is 1. The van der Waals surface area contributed by atoms with E-state index in [1.165, 1.54) is 0 Å². The summed E-state index contributed by atoms with van der Waals surface area (Å²) in [5.74, 6) is -0.673.